The zero-order chi connectivity index (χ0) is 14.3. The summed E-state index contributed by atoms with van der Waals surface area (Å²) in [5.41, 5.74) is 0. The molecule has 0 radical (unpaired) electrons. The fraction of sp³-hybridized carbons (Fsp3) is 0.929. The molecule has 0 bridgehead atoms. The van der Waals surface area contributed by atoms with Crippen LogP contribution in [0.2, 0.25) is 0 Å². The van der Waals surface area contributed by atoms with E-state index in [0.29, 0.717) is 24.6 Å². The zero-order valence-corrected chi connectivity index (χ0v) is 13.3. The fourth-order valence-electron chi connectivity index (χ4n) is 2.18. The number of hydrogen-bond donors (Lipinski definition) is 2. The van der Waals surface area contributed by atoms with Gasteiger partial charge in [0.25, 0.3) is 0 Å². The first-order valence-electron chi connectivity index (χ1n) is 7.25. The summed E-state index contributed by atoms with van der Waals surface area (Å²) >= 11 is 0. The van der Waals surface area contributed by atoms with Gasteiger partial charge in [-0.3, -0.25) is 9.00 Å². The largest absolute Gasteiger partial charge is 0.355 e. The number of rotatable bonds is 6. The third-order valence-electron chi connectivity index (χ3n) is 3.53. The van der Waals surface area contributed by atoms with Crippen molar-refractivity contribution in [3.8, 4) is 0 Å². The highest BCUT2D eigenvalue weighted by Crippen LogP contribution is 2.17. The normalized spacial score (nSPS) is 19.1. The van der Waals surface area contributed by atoms with Crippen LogP contribution in [0.3, 0.4) is 0 Å². The maximum atomic E-state index is 11.8. The first-order chi connectivity index (χ1) is 8.89. The summed E-state index contributed by atoms with van der Waals surface area (Å²) in [6.07, 6.45) is 3.95. The van der Waals surface area contributed by atoms with E-state index in [-0.39, 0.29) is 10.7 Å². The minimum atomic E-state index is -0.885. The van der Waals surface area contributed by atoms with Crippen LogP contribution in [0.25, 0.3) is 0 Å². The number of carbonyl (C=O) groups is 1. The average Bonchev–Trinajstić information content (AvgIpc) is 2.36. The van der Waals surface area contributed by atoms with Crippen molar-refractivity contribution in [3.63, 3.8) is 0 Å². The van der Waals surface area contributed by atoms with E-state index in [4.69, 9.17) is 0 Å². The molecule has 1 amide bonds. The van der Waals surface area contributed by atoms with Crippen LogP contribution in [0.4, 0.5) is 0 Å². The molecule has 1 heterocycles. The molecule has 1 unspecified atom stereocenters. The van der Waals surface area contributed by atoms with Gasteiger partial charge in [0.2, 0.25) is 5.91 Å². The summed E-state index contributed by atoms with van der Waals surface area (Å²) in [6, 6.07) is 0. The van der Waals surface area contributed by atoms with E-state index < -0.39 is 10.8 Å². The third kappa shape index (κ3) is 7.06. The molecule has 1 saturated heterocycles. The Labute approximate surface area is 119 Å². The summed E-state index contributed by atoms with van der Waals surface area (Å²) in [7, 11) is -0.885. The SMILES string of the molecule is CC(C)(C)S(=O)CCNC(=O)CCC1CCNCC1. The molecule has 1 atom stereocenters. The molecule has 0 aromatic carbocycles. The summed E-state index contributed by atoms with van der Waals surface area (Å²) < 4.78 is 11.6. The Morgan fingerprint density at radius 1 is 1.32 bits per heavy atom. The molecule has 19 heavy (non-hydrogen) atoms. The number of carbonyl (C=O) groups excluding carboxylic acids is 1. The molecule has 1 aliphatic rings. The molecule has 2 N–H and O–H groups in total. The Morgan fingerprint density at radius 2 is 1.95 bits per heavy atom. The maximum absolute atomic E-state index is 11.8. The van der Waals surface area contributed by atoms with Crippen LogP contribution < -0.4 is 10.6 Å². The number of nitrogens with one attached hydrogen (secondary N) is 2. The number of amides is 1. The van der Waals surface area contributed by atoms with E-state index >= 15 is 0 Å². The molecule has 4 nitrogen and oxygen atoms in total. The minimum Gasteiger partial charge on any atom is -0.355 e. The molecular weight excluding hydrogens is 260 g/mol. The van der Waals surface area contributed by atoms with E-state index in [1.807, 2.05) is 20.8 Å². The molecule has 5 heteroatoms. The molecule has 112 valence electrons. The molecule has 0 aliphatic carbocycles. The van der Waals surface area contributed by atoms with Crippen molar-refractivity contribution in [2.24, 2.45) is 5.92 Å². The Balaban J connectivity index is 2.09. The van der Waals surface area contributed by atoms with Crippen molar-refractivity contribution in [3.05, 3.63) is 0 Å². The monoisotopic (exact) mass is 288 g/mol. The van der Waals surface area contributed by atoms with Gasteiger partial charge >= 0.3 is 0 Å². The Hall–Kier alpha value is -0.420. The van der Waals surface area contributed by atoms with Gasteiger partial charge in [0.1, 0.15) is 0 Å². The highest BCUT2D eigenvalue weighted by atomic mass is 32.2. The molecule has 0 saturated carbocycles. The molecule has 1 fully saturated rings. The van der Waals surface area contributed by atoms with E-state index in [1.165, 1.54) is 12.8 Å². The van der Waals surface area contributed by atoms with Gasteiger partial charge in [-0.15, -0.1) is 0 Å². The molecule has 1 aliphatic heterocycles. The number of hydrogen-bond acceptors (Lipinski definition) is 3. The van der Waals surface area contributed by atoms with Gasteiger partial charge in [0, 0.05) is 34.3 Å². The Kier molecular flexibility index (Phi) is 7.00. The molecular formula is C14H28N2O2S. The third-order valence-corrected chi connectivity index (χ3v) is 5.47. The Morgan fingerprint density at radius 3 is 2.53 bits per heavy atom. The topological polar surface area (TPSA) is 58.2 Å². The molecule has 0 spiro atoms. The van der Waals surface area contributed by atoms with Crippen molar-refractivity contribution >= 4 is 16.7 Å². The summed E-state index contributed by atoms with van der Waals surface area (Å²) in [6.45, 7) is 8.56. The van der Waals surface area contributed by atoms with Crippen LogP contribution in [0, 0.1) is 5.92 Å². The van der Waals surface area contributed by atoms with Gasteiger partial charge < -0.3 is 10.6 Å². The van der Waals surface area contributed by atoms with Crippen molar-refractivity contribution in [1.29, 1.82) is 0 Å². The predicted molar refractivity (Wildman–Crippen MR) is 80.6 cm³/mol. The predicted octanol–water partition coefficient (Wildman–Crippen LogP) is 1.43. The number of piperidine rings is 1. The van der Waals surface area contributed by atoms with Crippen LogP contribution in [-0.4, -0.2) is 40.3 Å². The maximum Gasteiger partial charge on any atom is 0.220 e. The Bertz CT molecular complexity index is 307. The van der Waals surface area contributed by atoms with Crippen molar-refractivity contribution in [1.82, 2.24) is 10.6 Å². The van der Waals surface area contributed by atoms with Gasteiger partial charge in [-0.25, -0.2) is 0 Å². The first kappa shape index (κ1) is 16.6. The van der Waals surface area contributed by atoms with Crippen LogP contribution in [-0.2, 0) is 15.6 Å². The van der Waals surface area contributed by atoms with Crippen molar-refractivity contribution in [2.75, 3.05) is 25.4 Å². The summed E-state index contributed by atoms with van der Waals surface area (Å²) in [5, 5.41) is 6.21. The lowest BCUT2D eigenvalue weighted by Gasteiger charge is -2.22. The van der Waals surface area contributed by atoms with E-state index in [2.05, 4.69) is 10.6 Å². The van der Waals surface area contributed by atoms with Crippen LogP contribution in [0.1, 0.15) is 46.5 Å². The second-order valence-corrected chi connectivity index (χ2v) is 8.57. The van der Waals surface area contributed by atoms with Gasteiger partial charge in [0.15, 0.2) is 0 Å². The lowest BCUT2D eigenvalue weighted by molar-refractivity contribution is -0.121. The smallest absolute Gasteiger partial charge is 0.220 e. The van der Waals surface area contributed by atoms with Crippen LogP contribution in [0.15, 0.2) is 0 Å². The van der Waals surface area contributed by atoms with Gasteiger partial charge in [-0.2, -0.15) is 0 Å². The minimum absolute atomic E-state index is 0.101. The van der Waals surface area contributed by atoms with E-state index in [9.17, 15) is 9.00 Å². The summed E-state index contributed by atoms with van der Waals surface area (Å²) in [5.74, 6) is 1.34. The van der Waals surface area contributed by atoms with Crippen LogP contribution >= 0.6 is 0 Å². The lowest BCUT2D eigenvalue weighted by atomic mass is 9.93. The fourth-order valence-corrected chi connectivity index (χ4v) is 3.08. The highest BCUT2D eigenvalue weighted by Gasteiger charge is 2.19. The second-order valence-electron chi connectivity index (χ2n) is 6.24. The zero-order valence-electron chi connectivity index (χ0n) is 12.5. The molecule has 0 aromatic rings. The van der Waals surface area contributed by atoms with Gasteiger partial charge in [-0.1, -0.05) is 0 Å². The van der Waals surface area contributed by atoms with Crippen molar-refractivity contribution < 1.29 is 9.00 Å². The van der Waals surface area contributed by atoms with Gasteiger partial charge in [-0.05, 0) is 59.0 Å². The second kappa shape index (κ2) is 8.00. The highest BCUT2D eigenvalue weighted by molar-refractivity contribution is 7.86. The van der Waals surface area contributed by atoms with Crippen molar-refractivity contribution in [2.45, 2.75) is 51.2 Å². The first-order valence-corrected chi connectivity index (χ1v) is 8.57. The van der Waals surface area contributed by atoms with Gasteiger partial charge in [0.05, 0.1) is 0 Å². The quantitative estimate of drug-likeness (QED) is 0.777. The van der Waals surface area contributed by atoms with E-state index in [0.717, 1.165) is 19.5 Å². The summed E-state index contributed by atoms with van der Waals surface area (Å²) in [4.78, 5) is 11.7. The molecule has 0 aromatic heterocycles. The van der Waals surface area contributed by atoms with E-state index in [1.54, 1.807) is 0 Å². The van der Waals surface area contributed by atoms with Crippen LogP contribution in [0.5, 0.6) is 0 Å². The molecule has 1 rings (SSSR count). The average molecular weight is 288 g/mol. The lowest BCUT2D eigenvalue weighted by Crippen LogP contribution is -2.33. The standard InChI is InChI=1S/C14H28N2O2S/c1-14(2,3)19(18)11-10-16-13(17)5-4-12-6-8-15-9-7-12/h12,15H,4-11H2,1-3H3,(H,16,17).